The molecule has 2 aromatic rings. The van der Waals surface area contributed by atoms with Gasteiger partial charge < -0.3 is 14.5 Å². The maximum absolute atomic E-state index is 5.58. The van der Waals surface area contributed by atoms with Crippen LogP contribution in [0.15, 0.2) is 31.7 Å². The summed E-state index contributed by atoms with van der Waals surface area (Å²) in [6.45, 7) is 7.24. The molecule has 1 unspecified atom stereocenters. The summed E-state index contributed by atoms with van der Waals surface area (Å²) >= 11 is 7.08. The number of ether oxygens (including phenoxy) is 1. The van der Waals surface area contributed by atoms with Crippen molar-refractivity contribution in [2.75, 3.05) is 6.61 Å². The summed E-state index contributed by atoms with van der Waals surface area (Å²) in [5.74, 6) is 2.36. The van der Waals surface area contributed by atoms with Crippen LogP contribution in [0.4, 0.5) is 0 Å². The van der Waals surface area contributed by atoms with Gasteiger partial charge in [0.2, 0.25) is 5.89 Å². The Kier molecular flexibility index (Phi) is 5.84. The first-order valence-electron chi connectivity index (χ1n) is 6.77. The molecular weight excluding hydrogens is 400 g/mol. The van der Waals surface area contributed by atoms with Crippen molar-refractivity contribution in [3.8, 4) is 5.75 Å². The van der Waals surface area contributed by atoms with E-state index in [4.69, 9.17) is 9.15 Å². The molecule has 0 radical (unpaired) electrons. The number of hydrogen-bond donors (Lipinski definition) is 1. The molecule has 114 valence electrons. The summed E-state index contributed by atoms with van der Waals surface area (Å²) in [5, 5.41) is 3.40. The van der Waals surface area contributed by atoms with E-state index in [1.165, 1.54) is 0 Å². The molecule has 1 aromatic heterocycles. The largest absolute Gasteiger partial charge is 0.492 e. The third-order valence-electron chi connectivity index (χ3n) is 2.97. The fourth-order valence-electron chi connectivity index (χ4n) is 1.93. The fourth-order valence-corrected chi connectivity index (χ4v) is 3.44. The van der Waals surface area contributed by atoms with E-state index in [1.54, 1.807) is 6.20 Å². The highest BCUT2D eigenvalue weighted by Gasteiger charge is 2.12. The lowest BCUT2D eigenvalue weighted by molar-refractivity contribution is 0.335. The zero-order valence-corrected chi connectivity index (χ0v) is 15.4. The predicted octanol–water partition coefficient (Wildman–Crippen LogP) is 4.76. The van der Waals surface area contributed by atoms with Gasteiger partial charge in [-0.15, -0.1) is 0 Å². The van der Waals surface area contributed by atoms with E-state index in [-0.39, 0.29) is 6.04 Å². The van der Waals surface area contributed by atoms with Crippen molar-refractivity contribution >= 4 is 31.9 Å². The van der Waals surface area contributed by atoms with Crippen molar-refractivity contribution in [1.82, 2.24) is 10.3 Å². The maximum atomic E-state index is 5.58. The van der Waals surface area contributed by atoms with Crippen molar-refractivity contribution in [3.05, 3.63) is 44.5 Å². The molecule has 0 fully saturated rings. The minimum Gasteiger partial charge on any atom is -0.492 e. The Labute approximate surface area is 141 Å². The van der Waals surface area contributed by atoms with Crippen LogP contribution in [0.2, 0.25) is 0 Å². The number of aryl methyl sites for hydroxylation is 1. The third-order valence-corrected chi connectivity index (χ3v) is 4.15. The number of halogens is 2. The van der Waals surface area contributed by atoms with Gasteiger partial charge in [-0.1, -0.05) is 0 Å². The fraction of sp³-hybridized carbons (Fsp3) is 0.400. The molecule has 0 saturated carbocycles. The smallest absolute Gasteiger partial charge is 0.211 e. The van der Waals surface area contributed by atoms with Gasteiger partial charge in [0.15, 0.2) is 0 Å². The molecule has 1 heterocycles. The monoisotopic (exact) mass is 416 g/mol. The van der Waals surface area contributed by atoms with Gasteiger partial charge in [0.25, 0.3) is 0 Å². The van der Waals surface area contributed by atoms with E-state index < -0.39 is 0 Å². The van der Waals surface area contributed by atoms with Crippen LogP contribution in [-0.4, -0.2) is 11.6 Å². The molecule has 4 nitrogen and oxygen atoms in total. The van der Waals surface area contributed by atoms with Crippen LogP contribution in [0.25, 0.3) is 0 Å². The van der Waals surface area contributed by atoms with Crippen molar-refractivity contribution < 1.29 is 9.15 Å². The van der Waals surface area contributed by atoms with Crippen molar-refractivity contribution in [2.45, 2.75) is 33.4 Å². The van der Waals surface area contributed by atoms with E-state index >= 15 is 0 Å². The highest BCUT2D eigenvalue weighted by atomic mass is 79.9. The molecule has 2 rings (SSSR count). The molecule has 0 amide bonds. The summed E-state index contributed by atoms with van der Waals surface area (Å²) in [6.07, 6.45) is 1.73. The number of hydrogen-bond acceptors (Lipinski definition) is 4. The molecule has 0 spiro atoms. The minimum absolute atomic E-state index is 0.0582. The lowest BCUT2D eigenvalue weighted by Crippen LogP contribution is -2.18. The van der Waals surface area contributed by atoms with Gasteiger partial charge in [-0.3, -0.25) is 0 Å². The SMILES string of the molecule is CCOc1c(Br)cc(CNC(C)c2ncc(C)o2)cc1Br. The van der Waals surface area contributed by atoms with E-state index in [9.17, 15) is 0 Å². The first-order valence-corrected chi connectivity index (χ1v) is 8.36. The molecule has 1 aromatic carbocycles. The number of benzene rings is 1. The second kappa shape index (κ2) is 7.42. The van der Waals surface area contributed by atoms with Gasteiger partial charge in [0, 0.05) is 6.54 Å². The number of nitrogens with zero attached hydrogens (tertiary/aromatic N) is 1. The molecule has 21 heavy (non-hydrogen) atoms. The average Bonchev–Trinajstić information content (AvgIpc) is 2.87. The molecule has 0 aliphatic heterocycles. The zero-order chi connectivity index (χ0) is 15.4. The quantitative estimate of drug-likeness (QED) is 0.736. The van der Waals surface area contributed by atoms with Crippen LogP contribution >= 0.6 is 31.9 Å². The van der Waals surface area contributed by atoms with Crippen molar-refractivity contribution in [3.63, 3.8) is 0 Å². The van der Waals surface area contributed by atoms with Crippen LogP contribution in [0.1, 0.15) is 37.1 Å². The van der Waals surface area contributed by atoms with Gasteiger partial charge in [0.05, 0.1) is 27.8 Å². The molecule has 0 saturated heterocycles. The van der Waals surface area contributed by atoms with E-state index in [0.29, 0.717) is 19.0 Å². The molecule has 6 heteroatoms. The Balaban J connectivity index is 2.03. The topological polar surface area (TPSA) is 47.3 Å². The van der Waals surface area contributed by atoms with E-state index in [2.05, 4.69) is 54.3 Å². The Morgan fingerprint density at radius 3 is 2.52 bits per heavy atom. The normalized spacial score (nSPS) is 12.4. The maximum Gasteiger partial charge on any atom is 0.211 e. The van der Waals surface area contributed by atoms with Gasteiger partial charge in [-0.2, -0.15) is 0 Å². The summed E-state index contributed by atoms with van der Waals surface area (Å²) < 4.78 is 13.0. The molecule has 1 N–H and O–H groups in total. The lowest BCUT2D eigenvalue weighted by atomic mass is 10.2. The Morgan fingerprint density at radius 2 is 2.00 bits per heavy atom. The summed E-state index contributed by atoms with van der Waals surface area (Å²) in [6, 6.07) is 4.16. The van der Waals surface area contributed by atoms with Crippen LogP contribution < -0.4 is 10.1 Å². The molecular formula is C15H18Br2N2O2. The number of nitrogens with one attached hydrogen (secondary N) is 1. The highest BCUT2D eigenvalue weighted by Crippen LogP contribution is 2.34. The van der Waals surface area contributed by atoms with Gasteiger partial charge in [-0.25, -0.2) is 4.98 Å². The van der Waals surface area contributed by atoms with Gasteiger partial charge >= 0.3 is 0 Å². The summed E-state index contributed by atoms with van der Waals surface area (Å²) in [5.41, 5.74) is 1.15. The number of rotatable bonds is 6. The van der Waals surface area contributed by atoms with E-state index in [1.807, 2.05) is 20.8 Å². The standard InChI is InChI=1S/C15H18Br2N2O2/c1-4-20-14-12(16)5-11(6-13(14)17)8-18-10(3)15-19-7-9(2)21-15/h5-7,10,18H,4,8H2,1-3H3. The number of aromatic nitrogens is 1. The molecule has 1 atom stereocenters. The van der Waals surface area contributed by atoms with Gasteiger partial charge in [0.1, 0.15) is 11.5 Å². The van der Waals surface area contributed by atoms with Crippen LogP contribution in [-0.2, 0) is 6.54 Å². The highest BCUT2D eigenvalue weighted by molar-refractivity contribution is 9.11. The minimum atomic E-state index is 0.0582. The van der Waals surface area contributed by atoms with Gasteiger partial charge in [-0.05, 0) is 70.3 Å². The summed E-state index contributed by atoms with van der Waals surface area (Å²) in [7, 11) is 0. The zero-order valence-electron chi connectivity index (χ0n) is 12.2. The second-order valence-corrected chi connectivity index (χ2v) is 6.44. The Hall–Kier alpha value is -0.850. The first kappa shape index (κ1) is 16.5. The number of oxazole rings is 1. The summed E-state index contributed by atoms with van der Waals surface area (Å²) in [4.78, 5) is 4.23. The first-order chi connectivity index (χ1) is 10.0. The molecule has 0 aliphatic carbocycles. The third kappa shape index (κ3) is 4.31. The average molecular weight is 418 g/mol. The second-order valence-electron chi connectivity index (χ2n) is 4.73. The lowest BCUT2D eigenvalue weighted by Gasteiger charge is -2.13. The van der Waals surface area contributed by atoms with E-state index in [0.717, 1.165) is 26.0 Å². The van der Waals surface area contributed by atoms with Crippen LogP contribution in [0.5, 0.6) is 5.75 Å². The predicted molar refractivity (Wildman–Crippen MR) is 89.5 cm³/mol. The van der Waals surface area contributed by atoms with Crippen LogP contribution in [0.3, 0.4) is 0 Å². The van der Waals surface area contributed by atoms with Crippen molar-refractivity contribution in [2.24, 2.45) is 0 Å². The van der Waals surface area contributed by atoms with Crippen LogP contribution in [0, 0.1) is 6.92 Å². The molecule has 0 bridgehead atoms. The Morgan fingerprint density at radius 1 is 1.33 bits per heavy atom. The molecule has 0 aliphatic rings. The Bertz CT molecular complexity index is 590. The van der Waals surface area contributed by atoms with Crippen molar-refractivity contribution in [1.29, 1.82) is 0 Å².